The molecule has 1 aromatic carbocycles. The maximum atomic E-state index is 11.7. The number of likely N-dealkylation sites (N-methyl/N-ethyl adjacent to an activating group) is 1. The quantitative estimate of drug-likeness (QED) is 0.917. The topological polar surface area (TPSA) is 49.8 Å². The number of benzene rings is 1. The lowest BCUT2D eigenvalue weighted by Crippen LogP contribution is -2.47. The summed E-state index contributed by atoms with van der Waals surface area (Å²) in [7, 11) is 2.12. The van der Waals surface area contributed by atoms with Gasteiger partial charge in [0.05, 0.1) is 0 Å². The summed E-state index contributed by atoms with van der Waals surface area (Å²) in [4.78, 5) is 14.0. The van der Waals surface area contributed by atoms with Crippen LogP contribution >= 0.6 is 11.8 Å². The normalized spacial score (nSPS) is 21.5. The molecule has 0 bridgehead atoms. The van der Waals surface area contributed by atoms with Crippen molar-refractivity contribution in [1.82, 2.24) is 4.90 Å². The van der Waals surface area contributed by atoms with E-state index < -0.39 is 11.6 Å². The highest BCUT2D eigenvalue weighted by Gasteiger charge is 2.42. The van der Waals surface area contributed by atoms with Crippen LogP contribution in [-0.4, -0.2) is 53.2 Å². The van der Waals surface area contributed by atoms with Crippen LogP contribution in [0.4, 0.5) is 0 Å². The predicted molar refractivity (Wildman–Crippen MR) is 94.1 cm³/mol. The lowest BCUT2D eigenvalue weighted by atomic mass is 9.96. The van der Waals surface area contributed by atoms with Crippen LogP contribution in [0, 0.1) is 0 Å². The minimum atomic E-state index is -1.06. The van der Waals surface area contributed by atoms with Gasteiger partial charge in [0.25, 0.3) is 0 Å². The fourth-order valence-electron chi connectivity index (χ4n) is 3.06. The minimum Gasteiger partial charge on any atom is -0.478 e. The van der Waals surface area contributed by atoms with Crippen LogP contribution in [0.5, 0.6) is 5.75 Å². The highest BCUT2D eigenvalue weighted by molar-refractivity contribution is 7.99. The van der Waals surface area contributed by atoms with Gasteiger partial charge in [0.2, 0.25) is 5.60 Å². The summed E-state index contributed by atoms with van der Waals surface area (Å²) in [5.41, 5.74) is 1.50. The Morgan fingerprint density at radius 3 is 2.52 bits per heavy atom. The van der Waals surface area contributed by atoms with Gasteiger partial charge in [0.15, 0.2) is 0 Å². The average molecular weight is 333 g/mol. The molecule has 0 atom stereocenters. The Morgan fingerprint density at radius 1 is 1.26 bits per heavy atom. The van der Waals surface area contributed by atoms with Crippen LogP contribution in [0.3, 0.4) is 0 Å². The van der Waals surface area contributed by atoms with Crippen molar-refractivity contribution in [2.75, 3.05) is 31.6 Å². The Labute approximate surface area is 141 Å². The molecule has 1 N–H and O–H groups in total. The summed E-state index contributed by atoms with van der Waals surface area (Å²) in [6.07, 6.45) is 4.43. The number of hydrogen-bond acceptors (Lipinski definition) is 4. The SMILES string of the molecule is CN1CC=C(c2ccc(OC3(C(=O)O)CCSCC3)cc2)CC1. The first-order valence-electron chi connectivity index (χ1n) is 8.07. The summed E-state index contributed by atoms with van der Waals surface area (Å²) in [5.74, 6) is 1.48. The molecule has 0 saturated carbocycles. The molecule has 2 aliphatic heterocycles. The largest absolute Gasteiger partial charge is 0.478 e. The number of thioether (sulfide) groups is 1. The van der Waals surface area contributed by atoms with Gasteiger partial charge < -0.3 is 14.7 Å². The summed E-state index contributed by atoms with van der Waals surface area (Å²) in [6, 6.07) is 7.89. The average Bonchev–Trinajstić information content (AvgIpc) is 2.57. The molecule has 2 heterocycles. The molecule has 23 heavy (non-hydrogen) atoms. The lowest BCUT2D eigenvalue weighted by Gasteiger charge is -2.33. The summed E-state index contributed by atoms with van der Waals surface area (Å²) >= 11 is 1.79. The fourth-order valence-corrected chi connectivity index (χ4v) is 4.21. The third-order valence-electron chi connectivity index (χ3n) is 4.64. The monoisotopic (exact) mass is 333 g/mol. The zero-order valence-corrected chi connectivity index (χ0v) is 14.3. The Morgan fingerprint density at radius 2 is 1.96 bits per heavy atom. The molecule has 0 unspecified atom stereocenters. The van der Waals surface area contributed by atoms with Gasteiger partial charge in [0, 0.05) is 25.9 Å². The molecule has 0 radical (unpaired) electrons. The predicted octanol–water partition coefficient (Wildman–Crippen LogP) is 3.13. The molecule has 5 heteroatoms. The van der Waals surface area contributed by atoms with Crippen molar-refractivity contribution < 1.29 is 14.6 Å². The zero-order valence-electron chi connectivity index (χ0n) is 13.5. The lowest BCUT2D eigenvalue weighted by molar-refractivity contribution is -0.156. The van der Waals surface area contributed by atoms with Crippen LogP contribution in [0.2, 0.25) is 0 Å². The molecule has 1 fully saturated rings. The van der Waals surface area contributed by atoms with Gasteiger partial charge in [-0.1, -0.05) is 18.2 Å². The molecular formula is C18H23NO3S. The fraction of sp³-hybridized carbons (Fsp3) is 0.500. The van der Waals surface area contributed by atoms with Crippen LogP contribution in [0.25, 0.3) is 5.57 Å². The Bertz CT molecular complexity index is 591. The first kappa shape index (κ1) is 16.4. The van der Waals surface area contributed by atoms with E-state index in [1.807, 2.05) is 24.3 Å². The zero-order chi connectivity index (χ0) is 16.3. The molecule has 4 nitrogen and oxygen atoms in total. The third-order valence-corrected chi connectivity index (χ3v) is 5.63. The van der Waals surface area contributed by atoms with E-state index in [-0.39, 0.29) is 0 Å². The number of aliphatic carboxylic acids is 1. The maximum absolute atomic E-state index is 11.7. The van der Waals surface area contributed by atoms with Gasteiger partial charge in [-0.05, 0) is 48.2 Å². The smallest absolute Gasteiger partial charge is 0.348 e. The first-order chi connectivity index (χ1) is 11.1. The van der Waals surface area contributed by atoms with E-state index in [1.165, 1.54) is 11.1 Å². The number of hydrogen-bond donors (Lipinski definition) is 1. The van der Waals surface area contributed by atoms with Gasteiger partial charge >= 0.3 is 5.97 Å². The maximum Gasteiger partial charge on any atom is 0.348 e. The Kier molecular flexibility index (Phi) is 4.97. The van der Waals surface area contributed by atoms with Gasteiger partial charge in [-0.3, -0.25) is 0 Å². The van der Waals surface area contributed by atoms with Crippen molar-refractivity contribution in [2.45, 2.75) is 24.9 Å². The van der Waals surface area contributed by atoms with E-state index in [4.69, 9.17) is 4.74 Å². The van der Waals surface area contributed by atoms with Gasteiger partial charge in [-0.25, -0.2) is 4.79 Å². The number of carboxylic acid groups (broad SMARTS) is 1. The molecule has 0 aliphatic carbocycles. The van der Waals surface area contributed by atoms with E-state index in [0.717, 1.165) is 31.0 Å². The van der Waals surface area contributed by atoms with Crippen LogP contribution in [-0.2, 0) is 4.79 Å². The second kappa shape index (κ2) is 6.97. The number of nitrogens with zero attached hydrogens (tertiary/aromatic N) is 1. The summed E-state index contributed by atoms with van der Waals surface area (Å²) < 4.78 is 5.92. The highest BCUT2D eigenvalue weighted by Crippen LogP contribution is 2.33. The van der Waals surface area contributed by atoms with E-state index in [0.29, 0.717) is 18.6 Å². The second-order valence-corrected chi connectivity index (χ2v) is 7.50. The van der Waals surface area contributed by atoms with Gasteiger partial charge in [-0.15, -0.1) is 0 Å². The van der Waals surface area contributed by atoms with Gasteiger partial charge in [-0.2, -0.15) is 11.8 Å². The van der Waals surface area contributed by atoms with E-state index in [2.05, 4.69) is 18.0 Å². The van der Waals surface area contributed by atoms with E-state index >= 15 is 0 Å². The Hall–Kier alpha value is -1.46. The minimum absolute atomic E-state index is 0.562. The molecule has 2 aliphatic rings. The van der Waals surface area contributed by atoms with Crippen LogP contribution < -0.4 is 4.74 Å². The van der Waals surface area contributed by atoms with Crippen LogP contribution in [0.15, 0.2) is 30.3 Å². The number of carbonyl (C=O) groups is 1. The van der Waals surface area contributed by atoms with Crippen molar-refractivity contribution in [3.8, 4) is 5.75 Å². The van der Waals surface area contributed by atoms with Crippen molar-refractivity contribution in [1.29, 1.82) is 0 Å². The molecule has 0 aromatic heterocycles. The van der Waals surface area contributed by atoms with Crippen molar-refractivity contribution >= 4 is 23.3 Å². The van der Waals surface area contributed by atoms with Crippen LogP contribution in [0.1, 0.15) is 24.8 Å². The molecule has 0 amide bonds. The third kappa shape index (κ3) is 3.72. The molecule has 124 valence electrons. The summed E-state index contributed by atoms with van der Waals surface area (Å²) in [5, 5.41) is 9.59. The van der Waals surface area contributed by atoms with Crippen molar-refractivity contribution in [3.63, 3.8) is 0 Å². The molecule has 0 spiro atoms. The van der Waals surface area contributed by atoms with E-state index in [1.54, 1.807) is 11.8 Å². The second-order valence-electron chi connectivity index (χ2n) is 6.28. The number of rotatable bonds is 4. The summed E-state index contributed by atoms with van der Waals surface area (Å²) in [6.45, 7) is 2.05. The van der Waals surface area contributed by atoms with Crippen molar-refractivity contribution in [2.24, 2.45) is 0 Å². The molecule has 1 saturated heterocycles. The molecule has 1 aromatic rings. The molecular weight excluding hydrogens is 310 g/mol. The van der Waals surface area contributed by atoms with E-state index in [9.17, 15) is 9.90 Å². The first-order valence-corrected chi connectivity index (χ1v) is 9.23. The van der Waals surface area contributed by atoms with Gasteiger partial charge in [0.1, 0.15) is 5.75 Å². The number of ether oxygens (including phenoxy) is 1. The van der Waals surface area contributed by atoms with Crippen molar-refractivity contribution in [3.05, 3.63) is 35.9 Å². The Balaban J connectivity index is 1.73. The number of carboxylic acids is 1. The molecule has 3 rings (SSSR count). The standard InChI is InChI=1S/C18H23NO3S/c1-19-10-6-15(7-11-19)14-2-4-16(5-3-14)22-18(17(20)21)8-12-23-13-9-18/h2-6H,7-13H2,1H3,(H,20,21). The highest BCUT2D eigenvalue weighted by atomic mass is 32.2.